The van der Waals surface area contributed by atoms with Crippen LogP contribution in [0.4, 0.5) is 4.79 Å². The molecule has 0 aliphatic heterocycles. The minimum Gasteiger partial charge on any atom is -0.530 e. The van der Waals surface area contributed by atoms with Crippen LogP contribution in [0.5, 0.6) is 0 Å². The number of amides is 1. The number of carbonyl (C=O) groups excluding carboxylic acids is 1. The summed E-state index contributed by atoms with van der Waals surface area (Å²) in [6.45, 7) is 0. The van der Waals surface area contributed by atoms with Crippen LogP contribution in [-0.2, 0) is 0 Å². The van der Waals surface area contributed by atoms with E-state index in [1.807, 2.05) is 0 Å². The lowest BCUT2D eigenvalue weighted by Crippen LogP contribution is -2.35. The molecular formula is C2H3ClNO2-. The van der Waals surface area contributed by atoms with E-state index < -0.39 is 6.09 Å². The highest BCUT2D eigenvalue weighted by atomic mass is 35.5. The van der Waals surface area contributed by atoms with Gasteiger partial charge in [0, 0.05) is 0 Å². The molecule has 0 fully saturated rings. The van der Waals surface area contributed by atoms with Gasteiger partial charge in [0.15, 0.2) is 0 Å². The number of hydrogen-bond acceptors (Lipinski definition) is 2. The van der Waals surface area contributed by atoms with Gasteiger partial charge in [0.2, 0.25) is 0 Å². The Balaban J connectivity index is 2.83. The van der Waals surface area contributed by atoms with Crippen LogP contribution in [0.2, 0.25) is 0 Å². The SMILES string of the molecule is O=C([O-])NCCl. The van der Waals surface area contributed by atoms with Gasteiger partial charge in [0.25, 0.3) is 0 Å². The molecule has 0 radical (unpaired) electrons. The van der Waals surface area contributed by atoms with Crippen molar-refractivity contribution < 1.29 is 9.90 Å². The lowest BCUT2D eigenvalue weighted by Gasteiger charge is -1.96. The zero-order valence-corrected chi connectivity index (χ0v) is 3.66. The molecule has 0 aliphatic carbocycles. The number of alkyl halides is 1. The first-order valence-corrected chi connectivity index (χ1v) is 1.81. The third-order valence-electron chi connectivity index (χ3n) is 0.211. The quantitative estimate of drug-likeness (QED) is 0.350. The van der Waals surface area contributed by atoms with Crippen molar-refractivity contribution in [1.82, 2.24) is 5.32 Å². The Kier molecular flexibility index (Phi) is 2.58. The van der Waals surface area contributed by atoms with Gasteiger partial charge < -0.3 is 15.2 Å². The Morgan fingerprint density at radius 2 is 2.50 bits per heavy atom. The van der Waals surface area contributed by atoms with E-state index in [4.69, 9.17) is 11.6 Å². The van der Waals surface area contributed by atoms with Gasteiger partial charge in [0.1, 0.15) is 6.09 Å². The third kappa shape index (κ3) is 3.56. The molecule has 1 N–H and O–H groups in total. The zero-order chi connectivity index (χ0) is 4.99. The predicted molar refractivity (Wildman–Crippen MR) is 19.3 cm³/mol. The maximum Gasteiger partial charge on any atom is 0.135 e. The van der Waals surface area contributed by atoms with Gasteiger partial charge in [-0.25, -0.2) is 0 Å². The molecule has 0 spiro atoms. The summed E-state index contributed by atoms with van der Waals surface area (Å²) in [6, 6.07) is -0.109. The molecule has 0 atom stereocenters. The molecular weight excluding hydrogens is 105 g/mol. The van der Waals surface area contributed by atoms with Crippen LogP contribution in [0, 0.1) is 0 Å². The molecule has 0 aromatic carbocycles. The van der Waals surface area contributed by atoms with Crippen LogP contribution < -0.4 is 10.4 Å². The minimum absolute atomic E-state index is 0.109. The number of hydrogen-bond donors (Lipinski definition) is 1. The van der Waals surface area contributed by atoms with E-state index in [1.54, 1.807) is 5.32 Å². The molecule has 0 heterocycles. The fraction of sp³-hybridized carbons (Fsp3) is 0.500. The summed E-state index contributed by atoms with van der Waals surface area (Å²) in [6.07, 6.45) is -1.34. The molecule has 0 aliphatic rings. The molecule has 0 saturated heterocycles. The number of carboxylic acid groups (broad SMARTS) is 1. The van der Waals surface area contributed by atoms with Crippen molar-refractivity contribution in [3.8, 4) is 0 Å². The van der Waals surface area contributed by atoms with Crippen molar-refractivity contribution >= 4 is 17.7 Å². The van der Waals surface area contributed by atoms with E-state index in [0.717, 1.165) is 0 Å². The van der Waals surface area contributed by atoms with Gasteiger partial charge in [-0.15, -0.1) is 11.6 Å². The molecule has 1 amide bonds. The Bertz CT molecular complexity index is 55.5. The van der Waals surface area contributed by atoms with Gasteiger partial charge >= 0.3 is 0 Å². The van der Waals surface area contributed by atoms with E-state index in [-0.39, 0.29) is 6.00 Å². The standard InChI is InChI=1S/C2H4ClNO2/c3-1-4-2(5)6/h4H,1H2,(H,5,6)/p-1. The van der Waals surface area contributed by atoms with Gasteiger partial charge in [-0.1, -0.05) is 0 Å². The average Bonchev–Trinajstić information content (AvgIpc) is 1.35. The van der Waals surface area contributed by atoms with Crippen molar-refractivity contribution in [1.29, 1.82) is 0 Å². The Labute approximate surface area is 39.9 Å². The average molecular weight is 109 g/mol. The lowest BCUT2D eigenvalue weighted by molar-refractivity contribution is -0.250. The summed E-state index contributed by atoms with van der Waals surface area (Å²) < 4.78 is 0. The van der Waals surface area contributed by atoms with Crippen LogP contribution in [0.3, 0.4) is 0 Å². The summed E-state index contributed by atoms with van der Waals surface area (Å²) in [5.41, 5.74) is 0. The summed E-state index contributed by atoms with van der Waals surface area (Å²) >= 11 is 4.86. The summed E-state index contributed by atoms with van der Waals surface area (Å²) in [5.74, 6) is 0. The van der Waals surface area contributed by atoms with Crippen LogP contribution >= 0.6 is 11.6 Å². The monoisotopic (exact) mass is 108 g/mol. The van der Waals surface area contributed by atoms with Gasteiger partial charge in [-0.2, -0.15) is 0 Å². The van der Waals surface area contributed by atoms with Crippen molar-refractivity contribution in [2.75, 3.05) is 6.00 Å². The summed E-state index contributed by atoms with van der Waals surface area (Å²) in [4.78, 5) is 9.29. The minimum atomic E-state index is -1.34. The molecule has 0 rings (SSSR count). The molecule has 0 saturated carbocycles. The van der Waals surface area contributed by atoms with E-state index in [1.165, 1.54) is 0 Å². The second-order valence-electron chi connectivity index (χ2n) is 0.598. The van der Waals surface area contributed by atoms with E-state index in [0.29, 0.717) is 0 Å². The predicted octanol–water partition coefficient (Wildman–Crippen LogP) is -0.884. The fourth-order valence-corrected chi connectivity index (χ4v) is 0.164. The van der Waals surface area contributed by atoms with Crippen LogP contribution in [0.15, 0.2) is 0 Å². The summed E-state index contributed by atoms with van der Waals surface area (Å²) in [7, 11) is 0. The first-order valence-electron chi connectivity index (χ1n) is 1.28. The maximum absolute atomic E-state index is 9.29. The van der Waals surface area contributed by atoms with E-state index >= 15 is 0 Å². The normalized spacial score (nSPS) is 7.50. The van der Waals surface area contributed by atoms with E-state index in [9.17, 15) is 9.90 Å². The van der Waals surface area contributed by atoms with Crippen molar-refractivity contribution in [2.45, 2.75) is 0 Å². The first-order chi connectivity index (χ1) is 2.77. The Morgan fingerprint density at radius 1 is 2.00 bits per heavy atom. The smallest absolute Gasteiger partial charge is 0.135 e. The van der Waals surface area contributed by atoms with Crippen molar-refractivity contribution in [3.63, 3.8) is 0 Å². The second-order valence-corrected chi connectivity index (χ2v) is 0.865. The zero-order valence-electron chi connectivity index (χ0n) is 2.90. The molecule has 0 unspecified atom stereocenters. The highest BCUT2D eigenvalue weighted by Gasteiger charge is 1.71. The number of halogens is 1. The first kappa shape index (κ1) is 5.56. The van der Waals surface area contributed by atoms with Gasteiger partial charge in [-0.3, -0.25) is 0 Å². The van der Waals surface area contributed by atoms with Crippen LogP contribution in [0.1, 0.15) is 0 Å². The van der Waals surface area contributed by atoms with Gasteiger partial charge in [-0.05, 0) is 0 Å². The number of nitrogens with one attached hydrogen (secondary N) is 1. The molecule has 4 heteroatoms. The van der Waals surface area contributed by atoms with Crippen LogP contribution in [0.25, 0.3) is 0 Å². The maximum atomic E-state index is 9.29. The van der Waals surface area contributed by atoms with Crippen LogP contribution in [-0.4, -0.2) is 12.1 Å². The van der Waals surface area contributed by atoms with E-state index in [2.05, 4.69) is 0 Å². The fourth-order valence-electron chi connectivity index (χ4n) is 0.0546. The molecule has 3 nitrogen and oxygen atoms in total. The Morgan fingerprint density at radius 3 is 2.50 bits per heavy atom. The molecule has 0 aromatic heterocycles. The largest absolute Gasteiger partial charge is 0.530 e. The Hall–Kier alpha value is -0.440. The highest BCUT2D eigenvalue weighted by molar-refractivity contribution is 6.18. The third-order valence-corrected chi connectivity index (χ3v) is 0.345. The van der Waals surface area contributed by atoms with Crippen molar-refractivity contribution in [3.05, 3.63) is 0 Å². The molecule has 6 heavy (non-hydrogen) atoms. The molecule has 36 valence electrons. The van der Waals surface area contributed by atoms with Crippen molar-refractivity contribution in [2.24, 2.45) is 0 Å². The number of carbonyl (C=O) groups is 1. The lowest BCUT2D eigenvalue weighted by atomic mass is 11.1. The summed E-state index contributed by atoms with van der Waals surface area (Å²) in [5, 5.41) is 11.1. The second kappa shape index (κ2) is 2.78. The molecule has 0 bridgehead atoms. The van der Waals surface area contributed by atoms with Gasteiger partial charge in [0.05, 0.1) is 6.00 Å². The number of rotatable bonds is 1. The topological polar surface area (TPSA) is 52.2 Å². The molecule has 0 aromatic rings. The highest BCUT2D eigenvalue weighted by Crippen LogP contribution is 1.61.